The van der Waals surface area contributed by atoms with Gasteiger partial charge in [-0.3, -0.25) is 4.79 Å². The number of rotatable bonds is 3. The van der Waals surface area contributed by atoms with E-state index >= 15 is 0 Å². The zero-order chi connectivity index (χ0) is 14.9. The van der Waals surface area contributed by atoms with Crippen LogP contribution in [0.5, 0.6) is 5.75 Å². The van der Waals surface area contributed by atoms with Gasteiger partial charge in [0.15, 0.2) is 0 Å². The minimum atomic E-state index is -0.888. The topological polar surface area (TPSA) is 46.5 Å². The van der Waals surface area contributed by atoms with Gasteiger partial charge in [-0.05, 0) is 64.8 Å². The van der Waals surface area contributed by atoms with E-state index in [4.69, 9.17) is 4.74 Å². The smallest absolute Gasteiger partial charge is 0.313 e. The van der Waals surface area contributed by atoms with Crippen LogP contribution in [0.15, 0.2) is 48.5 Å². The lowest BCUT2D eigenvalue weighted by Crippen LogP contribution is -2.43. The Kier molecular flexibility index (Phi) is 3.89. The Hall–Kier alpha value is -1.56. The third-order valence-corrected chi connectivity index (χ3v) is 4.63. The molecule has 3 rings (SSSR count). The molecule has 1 aliphatic rings. The molecule has 4 heteroatoms. The van der Waals surface area contributed by atoms with Crippen LogP contribution >= 0.6 is 22.6 Å². The van der Waals surface area contributed by atoms with Gasteiger partial charge < -0.3 is 9.84 Å². The van der Waals surface area contributed by atoms with Gasteiger partial charge in [0.1, 0.15) is 17.8 Å². The van der Waals surface area contributed by atoms with Crippen molar-refractivity contribution in [2.75, 3.05) is 6.61 Å². The third-order valence-electron chi connectivity index (χ3n) is 3.91. The van der Waals surface area contributed by atoms with E-state index < -0.39 is 11.4 Å². The van der Waals surface area contributed by atoms with E-state index in [-0.39, 0.29) is 6.61 Å². The standard InChI is InChI=1S/C17H15IO3/c18-14-7-5-12(6-8-14)9-17(16(19)20)10-13-3-1-2-4-15(13)21-11-17/h1-8H,9-11H2,(H,19,20). The van der Waals surface area contributed by atoms with Crippen LogP contribution in [0.25, 0.3) is 0 Å². The van der Waals surface area contributed by atoms with Crippen LogP contribution in [0, 0.1) is 8.99 Å². The molecule has 0 aliphatic carbocycles. The highest BCUT2D eigenvalue weighted by molar-refractivity contribution is 14.1. The summed E-state index contributed by atoms with van der Waals surface area (Å²) in [5.41, 5.74) is 1.11. The number of halogens is 1. The average molecular weight is 394 g/mol. The van der Waals surface area contributed by atoms with Gasteiger partial charge in [0.05, 0.1) is 0 Å². The second-order valence-electron chi connectivity index (χ2n) is 5.46. The summed E-state index contributed by atoms with van der Waals surface area (Å²) in [5, 5.41) is 9.75. The Morgan fingerprint density at radius 1 is 1.19 bits per heavy atom. The number of para-hydroxylation sites is 1. The second kappa shape index (κ2) is 5.67. The van der Waals surface area contributed by atoms with Gasteiger partial charge in [-0.2, -0.15) is 0 Å². The number of carboxylic acid groups (broad SMARTS) is 1. The normalized spacial score (nSPS) is 20.4. The van der Waals surface area contributed by atoms with E-state index in [1.54, 1.807) is 0 Å². The molecule has 2 aromatic rings. The van der Waals surface area contributed by atoms with Gasteiger partial charge in [0.25, 0.3) is 0 Å². The number of ether oxygens (including phenoxy) is 1. The lowest BCUT2D eigenvalue weighted by Gasteiger charge is -2.34. The van der Waals surface area contributed by atoms with Crippen LogP contribution in [-0.2, 0) is 17.6 Å². The molecular weight excluding hydrogens is 379 g/mol. The van der Waals surface area contributed by atoms with Crippen molar-refractivity contribution in [2.45, 2.75) is 12.8 Å². The maximum Gasteiger partial charge on any atom is 0.313 e. The second-order valence-corrected chi connectivity index (χ2v) is 6.71. The first-order valence-electron chi connectivity index (χ1n) is 6.78. The van der Waals surface area contributed by atoms with Crippen molar-refractivity contribution in [1.29, 1.82) is 0 Å². The number of fused-ring (bicyclic) bond motifs is 1. The zero-order valence-corrected chi connectivity index (χ0v) is 13.5. The summed E-state index contributed by atoms with van der Waals surface area (Å²) < 4.78 is 6.86. The van der Waals surface area contributed by atoms with Crippen LogP contribution in [0.1, 0.15) is 11.1 Å². The molecule has 0 saturated heterocycles. The lowest BCUT2D eigenvalue weighted by atomic mass is 9.75. The van der Waals surface area contributed by atoms with E-state index in [1.165, 1.54) is 0 Å². The van der Waals surface area contributed by atoms with Crippen LogP contribution in [0.2, 0.25) is 0 Å². The summed E-state index contributed by atoms with van der Waals surface area (Å²) in [6.45, 7) is 0.214. The Morgan fingerprint density at radius 3 is 2.62 bits per heavy atom. The molecule has 0 fully saturated rings. The molecule has 108 valence electrons. The maximum atomic E-state index is 11.9. The van der Waals surface area contributed by atoms with E-state index in [9.17, 15) is 9.90 Å². The number of hydrogen-bond acceptors (Lipinski definition) is 2. The highest BCUT2D eigenvalue weighted by atomic mass is 127. The maximum absolute atomic E-state index is 11.9. The quantitative estimate of drug-likeness (QED) is 0.811. The molecule has 21 heavy (non-hydrogen) atoms. The highest BCUT2D eigenvalue weighted by Gasteiger charge is 2.43. The Bertz CT molecular complexity index is 666. The summed E-state index contributed by atoms with van der Waals surface area (Å²) >= 11 is 2.24. The molecule has 1 heterocycles. The minimum absolute atomic E-state index is 0.214. The van der Waals surface area contributed by atoms with Crippen LogP contribution in [0.3, 0.4) is 0 Å². The molecule has 2 aromatic carbocycles. The van der Waals surface area contributed by atoms with Gasteiger partial charge in [0, 0.05) is 3.57 Å². The van der Waals surface area contributed by atoms with Gasteiger partial charge in [0.2, 0.25) is 0 Å². The summed E-state index contributed by atoms with van der Waals surface area (Å²) in [5.74, 6) is 0.00698. The van der Waals surface area contributed by atoms with Crippen molar-refractivity contribution >= 4 is 28.6 Å². The van der Waals surface area contributed by atoms with Crippen molar-refractivity contribution in [2.24, 2.45) is 5.41 Å². The van der Waals surface area contributed by atoms with Crippen molar-refractivity contribution < 1.29 is 14.6 Å². The molecule has 1 atom stereocenters. The summed E-state index contributed by atoms with van der Waals surface area (Å²) in [7, 11) is 0. The molecule has 0 bridgehead atoms. The molecule has 1 N–H and O–H groups in total. The molecule has 0 spiro atoms. The molecule has 3 nitrogen and oxygen atoms in total. The van der Waals surface area contributed by atoms with Crippen molar-refractivity contribution in [3.63, 3.8) is 0 Å². The Morgan fingerprint density at radius 2 is 1.90 bits per heavy atom. The Balaban J connectivity index is 1.91. The summed E-state index contributed by atoms with van der Waals surface area (Å²) in [4.78, 5) is 11.9. The molecule has 1 unspecified atom stereocenters. The molecule has 0 saturated carbocycles. The summed E-state index contributed by atoms with van der Waals surface area (Å²) in [6.07, 6.45) is 0.984. The van der Waals surface area contributed by atoms with Crippen molar-refractivity contribution in [3.05, 3.63) is 63.2 Å². The number of carbonyl (C=O) groups is 1. The number of benzene rings is 2. The molecule has 0 aromatic heterocycles. The zero-order valence-electron chi connectivity index (χ0n) is 11.4. The fourth-order valence-electron chi connectivity index (χ4n) is 2.74. The molecule has 0 radical (unpaired) electrons. The fourth-order valence-corrected chi connectivity index (χ4v) is 3.10. The third kappa shape index (κ3) is 2.90. The molecule has 0 amide bonds. The fraction of sp³-hybridized carbons (Fsp3) is 0.235. The van der Waals surface area contributed by atoms with E-state index in [2.05, 4.69) is 22.6 Å². The van der Waals surface area contributed by atoms with Crippen molar-refractivity contribution in [1.82, 2.24) is 0 Å². The van der Waals surface area contributed by atoms with Gasteiger partial charge in [-0.15, -0.1) is 0 Å². The van der Waals surface area contributed by atoms with E-state index in [0.29, 0.717) is 12.8 Å². The highest BCUT2D eigenvalue weighted by Crippen LogP contribution is 2.37. The number of carboxylic acids is 1. The minimum Gasteiger partial charge on any atom is -0.492 e. The SMILES string of the molecule is O=C(O)C1(Cc2ccc(I)cc2)COc2ccccc2C1. The van der Waals surface area contributed by atoms with Crippen LogP contribution in [0.4, 0.5) is 0 Å². The largest absolute Gasteiger partial charge is 0.492 e. The van der Waals surface area contributed by atoms with Gasteiger partial charge in [-0.25, -0.2) is 0 Å². The Labute approximate surface area is 137 Å². The first-order valence-corrected chi connectivity index (χ1v) is 7.85. The van der Waals surface area contributed by atoms with E-state index in [1.807, 2.05) is 48.5 Å². The summed E-state index contributed by atoms with van der Waals surface area (Å²) in [6, 6.07) is 15.7. The number of hydrogen-bond donors (Lipinski definition) is 1. The van der Waals surface area contributed by atoms with Crippen LogP contribution in [-0.4, -0.2) is 17.7 Å². The van der Waals surface area contributed by atoms with Crippen molar-refractivity contribution in [3.8, 4) is 5.75 Å². The first kappa shape index (κ1) is 14.4. The van der Waals surface area contributed by atoms with E-state index in [0.717, 1.165) is 20.4 Å². The first-order chi connectivity index (χ1) is 10.1. The predicted octanol–water partition coefficient (Wildman–Crippen LogP) is 3.54. The predicted molar refractivity (Wildman–Crippen MR) is 88.6 cm³/mol. The monoisotopic (exact) mass is 394 g/mol. The van der Waals surface area contributed by atoms with Gasteiger partial charge >= 0.3 is 5.97 Å². The lowest BCUT2D eigenvalue weighted by molar-refractivity contribution is -0.151. The number of aliphatic carboxylic acids is 1. The molecule has 1 aliphatic heterocycles. The van der Waals surface area contributed by atoms with Crippen LogP contribution < -0.4 is 4.74 Å². The van der Waals surface area contributed by atoms with Gasteiger partial charge in [-0.1, -0.05) is 30.3 Å². The molecular formula is C17H15IO3. The average Bonchev–Trinajstić information content (AvgIpc) is 2.49.